The van der Waals surface area contributed by atoms with Crippen molar-refractivity contribution in [2.24, 2.45) is 0 Å². The molecule has 0 unspecified atom stereocenters. The fourth-order valence-corrected chi connectivity index (χ4v) is 3.49. The normalized spacial score (nSPS) is 19.0. The van der Waals surface area contributed by atoms with Gasteiger partial charge in [-0.25, -0.2) is 0 Å². The summed E-state index contributed by atoms with van der Waals surface area (Å²) >= 11 is 5.23. The third kappa shape index (κ3) is 4.33. The van der Waals surface area contributed by atoms with Crippen molar-refractivity contribution in [3.8, 4) is 5.75 Å². The van der Waals surface area contributed by atoms with Gasteiger partial charge in [-0.1, -0.05) is 44.7 Å². The van der Waals surface area contributed by atoms with Crippen molar-refractivity contribution in [2.75, 3.05) is 18.0 Å². The Kier molecular flexibility index (Phi) is 6.50. The quantitative estimate of drug-likeness (QED) is 0.367. The Morgan fingerprint density at radius 2 is 1.78 bits per heavy atom. The standard InChI is InChI=1S/C21H26N2O3S/c1-3-5-6-7-10-15-23-20(24)18(26-21(23)27)13-14-19-22(4-2)16-11-8-9-12-17(16)25-19/h8-9,11-14H,3-7,10,15H2,1-2H3/b18-13+,19-14-. The molecular formula is C21H26N2O3S. The topological polar surface area (TPSA) is 42.0 Å². The number of carbonyl (C=O) groups is 1. The first-order chi connectivity index (χ1) is 13.2. The van der Waals surface area contributed by atoms with E-state index in [9.17, 15) is 4.79 Å². The third-order valence-corrected chi connectivity index (χ3v) is 4.99. The molecule has 1 amide bonds. The second-order valence-corrected chi connectivity index (χ2v) is 6.94. The van der Waals surface area contributed by atoms with E-state index < -0.39 is 0 Å². The molecule has 144 valence electrons. The van der Waals surface area contributed by atoms with Gasteiger partial charge < -0.3 is 14.4 Å². The molecule has 1 aromatic carbocycles. The largest absolute Gasteiger partial charge is 0.439 e. The first kappa shape index (κ1) is 19.4. The number of fused-ring (bicyclic) bond motifs is 1. The van der Waals surface area contributed by atoms with E-state index in [0.717, 1.165) is 30.8 Å². The average Bonchev–Trinajstić information content (AvgIpc) is 3.17. The first-order valence-corrected chi connectivity index (χ1v) is 10.1. The highest BCUT2D eigenvalue weighted by Gasteiger charge is 2.33. The predicted octanol–water partition coefficient (Wildman–Crippen LogP) is 4.74. The summed E-state index contributed by atoms with van der Waals surface area (Å²) in [5, 5.41) is 0.239. The predicted molar refractivity (Wildman–Crippen MR) is 110 cm³/mol. The minimum absolute atomic E-state index is 0.175. The van der Waals surface area contributed by atoms with Gasteiger partial charge in [-0.2, -0.15) is 0 Å². The molecule has 0 bridgehead atoms. The van der Waals surface area contributed by atoms with E-state index in [2.05, 4.69) is 18.7 Å². The number of unbranched alkanes of at least 4 members (excludes halogenated alkanes) is 4. The van der Waals surface area contributed by atoms with Crippen LogP contribution < -0.4 is 9.64 Å². The lowest BCUT2D eigenvalue weighted by Crippen LogP contribution is -2.29. The Bertz CT molecular complexity index is 772. The van der Waals surface area contributed by atoms with Crippen molar-refractivity contribution in [1.82, 2.24) is 4.90 Å². The molecule has 3 rings (SSSR count). The van der Waals surface area contributed by atoms with Gasteiger partial charge in [-0.3, -0.25) is 9.69 Å². The van der Waals surface area contributed by atoms with Gasteiger partial charge in [0.15, 0.2) is 11.5 Å². The van der Waals surface area contributed by atoms with E-state index in [4.69, 9.17) is 21.7 Å². The maximum atomic E-state index is 12.6. The van der Waals surface area contributed by atoms with E-state index in [0.29, 0.717) is 12.4 Å². The van der Waals surface area contributed by atoms with Crippen LogP contribution in [0.2, 0.25) is 0 Å². The van der Waals surface area contributed by atoms with Gasteiger partial charge in [-0.05, 0) is 43.8 Å². The Hall–Kier alpha value is -2.34. The van der Waals surface area contributed by atoms with Crippen molar-refractivity contribution >= 4 is 29.0 Å². The van der Waals surface area contributed by atoms with Crippen LogP contribution in [0.25, 0.3) is 0 Å². The number of para-hydroxylation sites is 2. The number of carbonyl (C=O) groups excluding carboxylic acids is 1. The highest BCUT2D eigenvalue weighted by atomic mass is 32.1. The molecule has 2 aliphatic heterocycles. The van der Waals surface area contributed by atoms with Crippen LogP contribution in [-0.2, 0) is 9.53 Å². The molecular weight excluding hydrogens is 360 g/mol. The van der Waals surface area contributed by atoms with E-state index in [1.54, 1.807) is 17.1 Å². The van der Waals surface area contributed by atoms with Crippen LogP contribution in [0.4, 0.5) is 5.69 Å². The van der Waals surface area contributed by atoms with Crippen molar-refractivity contribution in [3.05, 3.63) is 48.1 Å². The summed E-state index contributed by atoms with van der Waals surface area (Å²) in [5.41, 5.74) is 1.02. The van der Waals surface area contributed by atoms with Gasteiger partial charge in [0.25, 0.3) is 11.1 Å². The molecule has 1 aromatic rings. The van der Waals surface area contributed by atoms with Crippen LogP contribution in [0.15, 0.2) is 48.1 Å². The molecule has 27 heavy (non-hydrogen) atoms. The molecule has 0 aromatic heterocycles. The fourth-order valence-electron chi connectivity index (χ4n) is 3.23. The lowest BCUT2D eigenvalue weighted by molar-refractivity contribution is -0.123. The minimum atomic E-state index is -0.175. The van der Waals surface area contributed by atoms with Crippen molar-refractivity contribution in [2.45, 2.75) is 46.0 Å². The van der Waals surface area contributed by atoms with Crippen LogP contribution in [0.5, 0.6) is 5.75 Å². The summed E-state index contributed by atoms with van der Waals surface area (Å²) in [6.07, 6.45) is 9.06. The number of rotatable bonds is 8. The van der Waals surface area contributed by atoms with Crippen LogP contribution in [0.1, 0.15) is 46.0 Å². The highest BCUT2D eigenvalue weighted by Crippen LogP contribution is 2.38. The zero-order chi connectivity index (χ0) is 19.2. The van der Waals surface area contributed by atoms with Gasteiger partial charge in [-0.15, -0.1) is 0 Å². The number of allylic oxidation sites excluding steroid dienone is 2. The van der Waals surface area contributed by atoms with Gasteiger partial charge in [0.2, 0.25) is 5.88 Å². The van der Waals surface area contributed by atoms with E-state index >= 15 is 0 Å². The lowest BCUT2D eigenvalue weighted by atomic mass is 10.1. The van der Waals surface area contributed by atoms with E-state index in [1.807, 2.05) is 24.3 Å². The number of ether oxygens (including phenoxy) is 2. The van der Waals surface area contributed by atoms with Crippen molar-refractivity contribution in [1.29, 1.82) is 0 Å². The number of hydrogen-bond donors (Lipinski definition) is 0. The van der Waals surface area contributed by atoms with Gasteiger partial charge in [0.1, 0.15) is 0 Å². The molecule has 0 aliphatic carbocycles. The molecule has 2 aliphatic rings. The van der Waals surface area contributed by atoms with Gasteiger partial charge in [0.05, 0.1) is 5.69 Å². The summed E-state index contributed by atoms with van der Waals surface area (Å²) in [6, 6.07) is 7.86. The molecule has 2 heterocycles. The molecule has 1 fully saturated rings. The van der Waals surface area contributed by atoms with Gasteiger partial charge >= 0.3 is 0 Å². The summed E-state index contributed by atoms with van der Waals surface area (Å²) in [7, 11) is 0. The van der Waals surface area contributed by atoms with Crippen molar-refractivity contribution in [3.63, 3.8) is 0 Å². The fraction of sp³-hybridized carbons (Fsp3) is 0.429. The average molecular weight is 387 g/mol. The van der Waals surface area contributed by atoms with Crippen LogP contribution in [0, 0.1) is 0 Å². The van der Waals surface area contributed by atoms with Gasteiger partial charge in [0, 0.05) is 19.2 Å². The highest BCUT2D eigenvalue weighted by molar-refractivity contribution is 7.80. The SMILES string of the molecule is CCCCCCCN1C(=O)/C(=C\C=C2/Oc3ccccc3N2CC)OC1=S. The molecule has 0 N–H and O–H groups in total. The smallest absolute Gasteiger partial charge is 0.297 e. The monoisotopic (exact) mass is 386 g/mol. The molecule has 5 nitrogen and oxygen atoms in total. The molecule has 6 heteroatoms. The summed E-state index contributed by atoms with van der Waals surface area (Å²) in [4.78, 5) is 16.2. The number of thiocarbonyl (C=S) groups is 1. The number of nitrogens with zero attached hydrogens (tertiary/aromatic N) is 2. The summed E-state index contributed by atoms with van der Waals surface area (Å²) in [5.74, 6) is 1.56. The second kappa shape index (κ2) is 9.04. The van der Waals surface area contributed by atoms with Crippen LogP contribution in [-0.4, -0.2) is 29.1 Å². The first-order valence-electron chi connectivity index (χ1n) is 9.65. The van der Waals surface area contributed by atoms with E-state index in [-0.39, 0.29) is 16.8 Å². The Morgan fingerprint density at radius 3 is 2.56 bits per heavy atom. The number of amides is 1. The van der Waals surface area contributed by atoms with Crippen LogP contribution in [0.3, 0.4) is 0 Å². The zero-order valence-electron chi connectivity index (χ0n) is 15.9. The molecule has 0 radical (unpaired) electrons. The molecule has 1 saturated heterocycles. The number of anilines is 1. The molecule has 0 saturated carbocycles. The third-order valence-electron chi connectivity index (χ3n) is 4.69. The maximum Gasteiger partial charge on any atom is 0.297 e. The summed E-state index contributed by atoms with van der Waals surface area (Å²) in [6.45, 7) is 5.62. The lowest BCUT2D eigenvalue weighted by Gasteiger charge is -2.14. The zero-order valence-corrected chi connectivity index (χ0v) is 16.8. The molecule has 0 atom stereocenters. The number of hydrogen-bond acceptors (Lipinski definition) is 5. The van der Waals surface area contributed by atoms with Crippen LogP contribution >= 0.6 is 12.2 Å². The Labute approximate surface area is 166 Å². The Morgan fingerprint density at radius 1 is 1.00 bits per heavy atom. The van der Waals surface area contributed by atoms with Crippen molar-refractivity contribution < 1.29 is 14.3 Å². The number of benzene rings is 1. The maximum absolute atomic E-state index is 12.6. The van der Waals surface area contributed by atoms with E-state index in [1.165, 1.54) is 19.3 Å². The molecule has 0 spiro atoms. The minimum Gasteiger partial charge on any atom is -0.439 e. The second-order valence-electron chi connectivity index (χ2n) is 6.59. The Balaban J connectivity index is 1.65. The summed E-state index contributed by atoms with van der Waals surface area (Å²) < 4.78 is 11.4.